The number of allylic oxidation sites excluding steroid dienone is 1. The number of nitrogens with one attached hydrogen (secondary N) is 1. The van der Waals surface area contributed by atoms with Crippen LogP contribution in [-0.4, -0.2) is 0 Å². The Balaban J connectivity index is 2.57. The van der Waals surface area contributed by atoms with Crippen molar-refractivity contribution in [1.82, 2.24) is 5.32 Å². The van der Waals surface area contributed by atoms with Gasteiger partial charge in [0.2, 0.25) is 0 Å². The molecule has 0 spiro atoms. The molecule has 0 saturated carbocycles. The maximum absolute atomic E-state index is 8.17. The van der Waals surface area contributed by atoms with Crippen molar-refractivity contribution in [3.05, 3.63) is 17.0 Å². The van der Waals surface area contributed by atoms with Gasteiger partial charge in [0.25, 0.3) is 0 Å². The van der Waals surface area contributed by atoms with Crippen LogP contribution in [0.25, 0.3) is 0 Å². The van der Waals surface area contributed by atoms with E-state index < -0.39 is 0 Å². The van der Waals surface area contributed by atoms with E-state index in [-0.39, 0.29) is 0 Å². The second-order valence-corrected chi connectivity index (χ2v) is 1.93. The van der Waals surface area contributed by atoms with Crippen LogP contribution in [0, 0.1) is 17.2 Å². The average Bonchev–Trinajstić information content (AvgIpc) is 2.14. The summed E-state index contributed by atoms with van der Waals surface area (Å²) >= 11 is 1.41. The maximum Gasteiger partial charge on any atom is 0.108 e. The molecule has 0 fully saturated rings. The molecule has 0 aliphatic carbocycles. The zero-order valence-corrected chi connectivity index (χ0v) is 4.33. The van der Waals surface area contributed by atoms with Crippen LogP contribution in [0.1, 0.15) is 0 Å². The van der Waals surface area contributed by atoms with Gasteiger partial charge in [-0.25, -0.2) is 0 Å². The van der Waals surface area contributed by atoms with Gasteiger partial charge >= 0.3 is 0 Å². The molecule has 1 heterocycles. The van der Waals surface area contributed by atoms with E-state index in [1.54, 1.807) is 12.1 Å². The van der Waals surface area contributed by atoms with Crippen LogP contribution in [0.4, 0.5) is 0 Å². The summed E-state index contributed by atoms with van der Waals surface area (Å²) in [7, 11) is 0. The van der Waals surface area contributed by atoms with Crippen molar-refractivity contribution in [1.29, 1.82) is 5.26 Å². The Morgan fingerprint density at radius 3 is 3.00 bits per heavy atom. The highest BCUT2D eigenvalue weighted by Gasteiger charge is 2.00. The molecule has 1 aliphatic rings. The van der Waals surface area contributed by atoms with Gasteiger partial charge in [0.15, 0.2) is 0 Å². The van der Waals surface area contributed by atoms with Crippen LogP contribution in [-0.2, 0) is 0 Å². The number of thioether (sulfide) groups is 1. The number of hydrogen-bond donors (Lipinski definition) is 1. The van der Waals surface area contributed by atoms with Gasteiger partial charge in [-0.05, 0) is 0 Å². The lowest BCUT2D eigenvalue weighted by atomic mass is 10.7. The number of rotatable bonds is 0. The van der Waals surface area contributed by atoms with Gasteiger partial charge in [-0.1, -0.05) is 11.8 Å². The molecule has 0 aromatic rings. The molecule has 1 N–H and O–H groups in total. The lowest BCUT2D eigenvalue weighted by Gasteiger charge is -1.76. The lowest BCUT2D eigenvalue weighted by Crippen LogP contribution is -1.86. The number of hydrogen-bond acceptors (Lipinski definition) is 3. The Morgan fingerprint density at radius 1 is 1.86 bits per heavy atom. The van der Waals surface area contributed by atoms with Crippen molar-refractivity contribution in [2.45, 2.75) is 0 Å². The third-order valence-corrected chi connectivity index (χ3v) is 1.30. The van der Waals surface area contributed by atoms with E-state index in [4.69, 9.17) is 5.26 Å². The highest BCUT2D eigenvalue weighted by Crippen LogP contribution is 2.19. The Bertz CT molecular complexity index is 133. The van der Waals surface area contributed by atoms with Crippen molar-refractivity contribution in [3.63, 3.8) is 0 Å². The summed E-state index contributed by atoms with van der Waals surface area (Å²) in [6.45, 7) is 0. The summed E-state index contributed by atoms with van der Waals surface area (Å²) in [6, 6.07) is 1.99. The van der Waals surface area contributed by atoms with E-state index in [0.29, 0.717) is 0 Å². The Kier molecular flexibility index (Phi) is 1.23. The molecule has 1 aliphatic heterocycles. The van der Waals surface area contributed by atoms with E-state index >= 15 is 0 Å². The summed E-state index contributed by atoms with van der Waals surface area (Å²) in [4.78, 5) is 0.722. The maximum atomic E-state index is 8.17. The SMILES string of the molecule is N#CC1=CN[CH]S1. The average molecular weight is 111 g/mol. The van der Waals surface area contributed by atoms with E-state index in [9.17, 15) is 0 Å². The molecular weight excluding hydrogens is 108 g/mol. The zero-order valence-electron chi connectivity index (χ0n) is 3.51. The van der Waals surface area contributed by atoms with Gasteiger partial charge in [0.05, 0.1) is 0 Å². The first kappa shape index (κ1) is 4.54. The standard InChI is InChI=1S/C4H3N2S/c5-1-4-2-6-3-7-4/h2-3,6H. The van der Waals surface area contributed by atoms with Gasteiger partial charge in [-0.3, -0.25) is 0 Å². The Labute approximate surface area is 46.2 Å². The molecular formula is C4H3N2S. The van der Waals surface area contributed by atoms with Crippen molar-refractivity contribution in [2.24, 2.45) is 0 Å². The van der Waals surface area contributed by atoms with Crippen LogP contribution >= 0.6 is 11.8 Å². The quantitative estimate of drug-likeness (QED) is 0.502. The minimum atomic E-state index is 0.722. The molecule has 0 aromatic heterocycles. The first-order valence-electron chi connectivity index (χ1n) is 1.78. The van der Waals surface area contributed by atoms with Crippen molar-refractivity contribution in [2.75, 3.05) is 0 Å². The molecule has 35 valence electrons. The third kappa shape index (κ3) is 0.875. The molecule has 2 nitrogen and oxygen atoms in total. The van der Waals surface area contributed by atoms with Crippen LogP contribution in [0.3, 0.4) is 0 Å². The number of nitrogens with zero attached hydrogens (tertiary/aromatic N) is 1. The van der Waals surface area contributed by atoms with Crippen molar-refractivity contribution >= 4 is 11.8 Å². The summed E-state index contributed by atoms with van der Waals surface area (Å²) in [5.74, 6) is 1.76. The molecule has 0 atom stereocenters. The van der Waals surface area contributed by atoms with Gasteiger partial charge in [-0.15, -0.1) is 0 Å². The van der Waals surface area contributed by atoms with Crippen LogP contribution in [0.2, 0.25) is 0 Å². The molecule has 1 rings (SSSR count). The Hall–Kier alpha value is -0.620. The van der Waals surface area contributed by atoms with Crippen LogP contribution in [0.5, 0.6) is 0 Å². The highest BCUT2D eigenvalue weighted by atomic mass is 32.2. The van der Waals surface area contributed by atoms with Gasteiger partial charge < -0.3 is 5.32 Å². The predicted octanol–water partition coefficient (Wildman–Crippen LogP) is 0.807. The molecule has 0 saturated heterocycles. The first-order valence-corrected chi connectivity index (χ1v) is 2.66. The second-order valence-electron chi connectivity index (χ2n) is 1.02. The summed E-state index contributed by atoms with van der Waals surface area (Å²) in [5.41, 5.74) is 0. The molecule has 3 heteroatoms. The molecule has 7 heavy (non-hydrogen) atoms. The van der Waals surface area contributed by atoms with Crippen molar-refractivity contribution < 1.29 is 0 Å². The normalized spacial score (nSPS) is 17.3. The summed E-state index contributed by atoms with van der Waals surface area (Å²) < 4.78 is 0. The first-order chi connectivity index (χ1) is 3.43. The molecule has 0 bridgehead atoms. The zero-order chi connectivity index (χ0) is 5.11. The fourth-order valence-corrected chi connectivity index (χ4v) is 0.752. The smallest absolute Gasteiger partial charge is 0.108 e. The fourth-order valence-electron chi connectivity index (χ4n) is 0.300. The molecule has 0 amide bonds. The largest absolute Gasteiger partial charge is 0.375 e. The van der Waals surface area contributed by atoms with E-state index in [1.807, 2.05) is 6.07 Å². The van der Waals surface area contributed by atoms with Gasteiger partial charge in [0.1, 0.15) is 16.9 Å². The van der Waals surface area contributed by atoms with Gasteiger partial charge in [-0.2, -0.15) is 5.26 Å². The van der Waals surface area contributed by atoms with Crippen LogP contribution in [0.15, 0.2) is 11.1 Å². The highest BCUT2D eigenvalue weighted by molar-refractivity contribution is 8.05. The Morgan fingerprint density at radius 2 is 2.71 bits per heavy atom. The predicted molar refractivity (Wildman–Crippen MR) is 28.7 cm³/mol. The van der Waals surface area contributed by atoms with E-state index in [0.717, 1.165) is 4.91 Å². The summed E-state index contributed by atoms with van der Waals surface area (Å²) in [5, 5.41) is 10.9. The third-order valence-electron chi connectivity index (χ3n) is 0.579. The van der Waals surface area contributed by atoms with Gasteiger partial charge in [0, 0.05) is 6.20 Å². The van der Waals surface area contributed by atoms with E-state index in [1.165, 1.54) is 11.8 Å². The minimum absolute atomic E-state index is 0.722. The minimum Gasteiger partial charge on any atom is -0.375 e. The van der Waals surface area contributed by atoms with E-state index in [2.05, 4.69) is 5.32 Å². The van der Waals surface area contributed by atoms with Crippen molar-refractivity contribution in [3.8, 4) is 6.07 Å². The fraction of sp³-hybridized carbons (Fsp3) is 0. The topological polar surface area (TPSA) is 35.8 Å². The monoisotopic (exact) mass is 111 g/mol. The summed E-state index contributed by atoms with van der Waals surface area (Å²) in [6.07, 6.45) is 1.67. The molecule has 1 radical (unpaired) electrons. The molecule has 0 aromatic carbocycles. The second kappa shape index (κ2) is 1.90. The number of nitriles is 1. The lowest BCUT2D eigenvalue weighted by molar-refractivity contribution is 1.18. The molecule has 0 unspecified atom stereocenters. The van der Waals surface area contributed by atoms with Crippen LogP contribution < -0.4 is 5.32 Å².